The number of hydrogen-bond acceptors (Lipinski definition) is 5. The molecule has 0 spiro atoms. The fourth-order valence-corrected chi connectivity index (χ4v) is 3.11. The van der Waals surface area contributed by atoms with Crippen molar-refractivity contribution >= 4 is 10.9 Å². The number of tetrazole rings is 1. The van der Waals surface area contributed by atoms with E-state index < -0.39 is 0 Å². The summed E-state index contributed by atoms with van der Waals surface area (Å²) in [5.74, 6) is 0. The van der Waals surface area contributed by atoms with Crippen molar-refractivity contribution in [3.05, 3.63) is 78.2 Å². The molecular formula is C20H20N6. The Bertz CT molecular complexity index is 974. The summed E-state index contributed by atoms with van der Waals surface area (Å²) in [6, 6.07) is 19.0. The Balaban J connectivity index is 1.38. The lowest BCUT2D eigenvalue weighted by Crippen LogP contribution is -2.21. The molecule has 4 rings (SSSR count). The van der Waals surface area contributed by atoms with Gasteiger partial charge in [0.2, 0.25) is 0 Å². The van der Waals surface area contributed by atoms with Crippen molar-refractivity contribution in [2.75, 3.05) is 6.54 Å². The van der Waals surface area contributed by atoms with Gasteiger partial charge in [0.15, 0.2) is 0 Å². The predicted octanol–water partition coefficient (Wildman–Crippen LogP) is 3.10. The van der Waals surface area contributed by atoms with Crippen LogP contribution in [0.4, 0.5) is 0 Å². The van der Waals surface area contributed by atoms with Crippen LogP contribution in [0.1, 0.15) is 24.1 Å². The third-order valence-corrected chi connectivity index (χ3v) is 4.57. The topological polar surface area (TPSA) is 68.5 Å². The van der Waals surface area contributed by atoms with Gasteiger partial charge in [-0.1, -0.05) is 36.4 Å². The predicted molar refractivity (Wildman–Crippen MR) is 101 cm³/mol. The lowest BCUT2D eigenvalue weighted by molar-refractivity contribution is 0.577. The van der Waals surface area contributed by atoms with Crippen LogP contribution in [0.15, 0.2) is 67.1 Å². The quantitative estimate of drug-likeness (QED) is 0.582. The number of aromatic nitrogens is 5. The highest BCUT2D eigenvalue weighted by Crippen LogP contribution is 2.18. The molecule has 0 amide bonds. The zero-order valence-electron chi connectivity index (χ0n) is 14.6. The molecule has 4 aromatic rings. The first-order valence-electron chi connectivity index (χ1n) is 8.70. The van der Waals surface area contributed by atoms with Crippen molar-refractivity contribution in [3.63, 3.8) is 0 Å². The summed E-state index contributed by atoms with van der Waals surface area (Å²) in [4.78, 5) is 4.52. The average Bonchev–Trinajstić information content (AvgIpc) is 3.23. The molecule has 0 fully saturated rings. The standard InChI is InChI=1S/C20H20N6/c1-15(16-7-9-19(10-8-16)26-14-23-24-25-26)21-13-11-18-5-2-4-17-6-3-12-22-20(17)18/h2-10,12,14-15,21H,11,13H2,1H3/t15-/m1/s1. The molecule has 1 atom stereocenters. The summed E-state index contributed by atoms with van der Waals surface area (Å²) in [5, 5.41) is 16.0. The molecule has 0 saturated heterocycles. The SMILES string of the molecule is C[C@@H](NCCc1cccc2cccnc12)c1ccc(-n2cnnn2)cc1. The van der Waals surface area contributed by atoms with Crippen molar-refractivity contribution in [1.29, 1.82) is 0 Å². The van der Waals surface area contributed by atoms with Crippen LogP contribution in [-0.4, -0.2) is 31.7 Å². The summed E-state index contributed by atoms with van der Waals surface area (Å²) in [7, 11) is 0. The second-order valence-electron chi connectivity index (χ2n) is 6.26. The molecule has 0 bridgehead atoms. The summed E-state index contributed by atoms with van der Waals surface area (Å²) >= 11 is 0. The minimum absolute atomic E-state index is 0.265. The van der Waals surface area contributed by atoms with E-state index in [4.69, 9.17) is 0 Å². The molecule has 26 heavy (non-hydrogen) atoms. The first-order chi connectivity index (χ1) is 12.8. The van der Waals surface area contributed by atoms with Gasteiger partial charge in [-0.2, -0.15) is 0 Å². The summed E-state index contributed by atoms with van der Waals surface area (Å²) in [5.41, 5.74) is 4.55. The van der Waals surface area contributed by atoms with E-state index in [1.807, 2.05) is 24.4 Å². The number of pyridine rings is 1. The van der Waals surface area contributed by atoms with Crippen LogP contribution in [0.5, 0.6) is 0 Å². The van der Waals surface area contributed by atoms with E-state index >= 15 is 0 Å². The molecule has 2 aromatic heterocycles. The largest absolute Gasteiger partial charge is 0.310 e. The molecule has 0 saturated carbocycles. The van der Waals surface area contributed by atoms with Crippen LogP contribution in [0, 0.1) is 0 Å². The number of benzene rings is 2. The Labute approximate surface area is 151 Å². The number of hydrogen-bond donors (Lipinski definition) is 1. The Morgan fingerprint density at radius 3 is 2.69 bits per heavy atom. The highest BCUT2D eigenvalue weighted by Gasteiger charge is 2.07. The minimum Gasteiger partial charge on any atom is -0.310 e. The normalized spacial score (nSPS) is 12.3. The zero-order valence-corrected chi connectivity index (χ0v) is 14.6. The maximum Gasteiger partial charge on any atom is 0.143 e. The number of nitrogens with zero attached hydrogens (tertiary/aromatic N) is 5. The average molecular weight is 344 g/mol. The summed E-state index contributed by atoms with van der Waals surface area (Å²) < 4.78 is 1.65. The van der Waals surface area contributed by atoms with Crippen LogP contribution in [0.2, 0.25) is 0 Å². The van der Waals surface area contributed by atoms with Crippen LogP contribution in [-0.2, 0) is 6.42 Å². The van der Waals surface area contributed by atoms with E-state index in [1.165, 1.54) is 16.5 Å². The molecule has 2 heterocycles. The number of rotatable bonds is 6. The molecule has 1 N–H and O–H groups in total. The molecule has 0 radical (unpaired) electrons. The van der Waals surface area contributed by atoms with E-state index in [9.17, 15) is 0 Å². The van der Waals surface area contributed by atoms with Crippen LogP contribution >= 0.6 is 0 Å². The van der Waals surface area contributed by atoms with Crippen LogP contribution in [0.3, 0.4) is 0 Å². The van der Waals surface area contributed by atoms with E-state index in [0.717, 1.165) is 24.2 Å². The highest BCUT2D eigenvalue weighted by molar-refractivity contribution is 5.81. The van der Waals surface area contributed by atoms with Crippen LogP contribution < -0.4 is 5.32 Å². The fourth-order valence-electron chi connectivity index (χ4n) is 3.11. The number of para-hydroxylation sites is 1. The number of nitrogens with one attached hydrogen (secondary N) is 1. The smallest absolute Gasteiger partial charge is 0.143 e. The van der Waals surface area contributed by atoms with Crippen molar-refractivity contribution in [2.45, 2.75) is 19.4 Å². The van der Waals surface area contributed by atoms with Crippen molar-refractivity contribution in [3.8, 4) is 5.69 Å². The third-order valence-electron chi connectivity index (χ3n) is 4.57. The first-order valence-corrected chi connectivity index (χ1v) is 8.70. The molecular weight excluding hydrogens is 324 g/mol. The van der Waals surface area contributed by atoms with Gasteiger partial charge in [-0.3, -0.25) is 4.98 Å². The molecule has 2 aromatic carbocycles. The molecule has 0 aliphatic carbocycles. The van der Waals surface area contributed by atoms with Gasteiger partial charge in [0.05, 0.1) is 11.2 Å². The van der Waals surface area contributed by atoms with E-state index in [-0.39, 0.29) is 6.04 Å². The lowest BCUT2D eigenvalue weighted by atomic mass is 10.1. The highest BCUT2D eigenvalue weighted by atomic mass is 15.5. The maximum atomic E-state index is 4.52. The van der Waals surface area contributed by atoms with Gasteiger partial charge in [0.25, 0.3) is 0 Å². The molecule has 0 aliphatic heterocycles. The lowest BCUT2D eigenvalue weighted by Gasteiger charge is -2.15. The van der Waals surface area contributed by atoms with Crippen molar-refractivity contribution in [2.24, 2.45) is 0 Å². The van der Waals surface area contributed by atoms with Gasteiger partial charge in [-0.15, -0.1) is 5.10 Å². The van der Waals surface area contributed by atoms with Gasteiger partial charge in [0, 0.05) is 17.6 Å². The van der Waals surface area contributed by atoms with Crippen molar-refractivity contribution < 1.29 is 0 Å². The summed E-state index contributed by atoms with van der Waals surface area (Å²) in [6.45, 7) is 3.07. The van der Waals surface area contributed by atoms with Gasteiger partial charge < -0.3 is 5.32 Å². The van der Waals surface area contributed by atoms with E-state index in [2.05, 4.69) is 69.1 Å². The molecule has 0 unspecified atom stereocenters. The number of fused-ring (bicyclic) bond motifs is 1. The van der Waals surface area contributed by atoms with Gasteiger partial charge >= 0.3 is 0 Å². The Hall–Kier alpha value is -3.12. The maximum absolute atomic E-state index is 4.52. The van der Waals surface area contributed by atoms with E-state index in [0.29, 0.717) is 0 Å². The Kier molecular flexibility index (Phi) is 4.66. The molecule has 130 valence electrons. The van der Waals surface area contributed by atoms with Gasteiger partial charge in [-0.25, -0.2) is 4.68 Å². The van der Waals surface area contributed by atoms with E-state index in [1.54, 1.807) is 11.0 Å². The Morgan fingerprint density at radius 2 is 1.88 bits per heavy atom. The van der Waals surface area contributed by atoms with Gasteiger partial charge in [-0.05, 0) is 59.6 Å². The second-order valence-corrected chi connectivity index (χ2v) is 6.26. The fraction of sp³-hybridized carbons (Fsp3) is 0.200. The minimum atomic E-state index is 0.265. The first kappa shape index (κ1) is 16.4. The van der Waals surface area contributed by atoms with Gasteiger partial charge in [0.1, 0.15) is 6.33 Å². The molecule has 6 heteroatoms. The summed E-state index contributed by atoms with van der Waals surface area (Å²) in [6.07, 6.45) is 4.39. The Morgan fingerprint density at radius 1 is 1.04 bits per heavy atom. The molecule has 6 nitrogen and oxygen atoms in total. The monoisotopic (exact) mass is 344 g/mol. The second kappa shape index (κ2) is 7.41. The van der Waals surface area contributed by atoms with Crippen molar-refractivity contribution in [1.82, 2.24) is 30.5 Å². The molecule has 0 aliphatic rings. The zero-order chi connectivity index (χ0) is 17.8. The third kappa shape index (κ3) is 3.45. The van der Waals surface area contributed by atoms with Crippen LogP contribution in [0.25, 0.3) is 16.6 Å².